The van der Waals surface area contributed by atoms with Crippen LogP contribution in [-0.2, 0) is 0 Å². The maximum absolute atomic E-state index is 12.7. The van der Waals surface area contributed by atoms with E-state index in [1.165, 1.54) is 0 Å². The minimum Gasteiger partial charge on any atom is -0.493 e. The zero-order valence-electron chi connectivity index (χ0n) is 11.2. The summed E-state index contributed by atoms with van der Waals surface area (Å²) in [6.45, 7) is 4.39. The van der Waals surface area contributed by atoms with Gasteiger partial charge in [-0.1, -0.05) is 43.5 Å². The van der Waals surface area contributed by atoms with E-state index in [1.54, 1.807) is 6.07 Å². The molecule has 2 aromatic carbocycles. The van der Waals surface area contributed by atoms with E-state index in [-0.39, 0.29) is 5.78 Å². The van der Waals surface area contributed by atoms with Crippen molar-refractivity contribution in [1.82, 2.24) is 0 Å². The van der Waals surface area contributed by atoms with Crippen molar-refractivity contribution in [3.8, 4) is 5.75 Å². The standard InChI is InChI=1S/C16H14Br2O2/c1-3-20-15-7-5-11(17)9-13(15)16(19)12-8-10(2)4-6-14(12)18/h4-9H,3H2,1-2H3. The molecule has 2 aromatic rings. The van der Waals surface area contributed by atoms with Gasteiger partial charge in [-0.05, 0) is 44.2 Å². The summed E-state index contributed by atoms with van der Waals surface area (Å²) in [5.41, 5.74) is 2.25. The van der Waals surface area contributed by atoms with Crippen LogP contribution >= 0.6 is 31.9 Å². The molecule has 0 aliphatic carbocycles. The average molecular weight is 398 g/mol. The maximum Gasteiger partial charge on any atom is 0.197 e. The normalized spacial score (nSPS) is 10.4. The lowest BCUT2D eigenvalue weighted by atomic mass is 10.0. The molecule has 20 heavy (non-hydrogen) atoms. The van der Waals surface area contributed by atoms with Crippen molar-refractivity contribution >= 4 is 37.6 Å². The SMILES string of the molecule is CCOc1ccc(Br)cc1C(=O)c1cc(C)ccc1Br. The van der Waals surface area contributed by atoms with Gasteiger partial charge in [0, 0.05) is 14.5 Å². The Morgan fingerprint density at radius 2 is 1.85 bits per heavy atom. The van der Waals surface area contributed by atoms with Crippen molar-refractivity contribution < 1.29 is 9.53 Å². The molecule has 0 fully saturated rings. The van der Waals surface area contributed by atoms with Gasteiger partial charge in [0.05, 0.1) is 12.2 Å². The van der Waals surface area contributed by atoms with Crippen LogP contribution in [0, 0.1) is 6.92 Å². The Hall–Kier alpha value is -1.13. The first-order chi connectivity index (χ1) is 9.52. The molecular formula is C16H14Br2O2. The quantitative estimate of drug-likeness (QED) is 0.667. The van der Waals surface area contributed by atoms with E-state index in [0.29, 0.717) is 23.5 Å². The first-order valence-corrected chi connectivity index (χ1v) is 7.84. The van der Waals surface area contributed by atoms with E-state index in [9.17, 15) is 4.79 Å². The zero-order chi connectivity index (χ0) is 14.7. The van der Waals surface area contributed by atoms with Crippen LogP contribution in [0.3, 0.4) is 0 Å². The van der Waals surface area contributed by atoms with Crippen LogP contribution < -0.4 is 4.74 Å². The summed E-state index contributed by atoms with van der Waals surface area (Å²) < 4.78 is 7.19. The minimum absolute atomic E-state index is 0.0506. The first-order valence-electron chi connectivity index (χ1n) is 6.26. The predicted octanol–water partition coefficient (Wildman–Crippen LogP) is 5.15. The summed E-state index contributed by atoms with van der Waals surface area (Å²) in [6.07, 6.45) is 0. The zero-order valence-corrected chi connectivity index (χ0v) is 14.4. The molecule has 104 valence electrons. The molecule has 0 amide bonds. The number of carbonyl (C=O) groups excluding carboxylic acids is 1. The molecule has 0 aromatic heterocycles. The number of hydrogen-bond donors (Lipinski definition) is 0. The summed E-state index contributed by atoms with van der Waals surface area (Å²) in [7, 11) is 0. The topological polar surface area (TPSA) is 26.3 Å². The van der Waals surface area contributed by atoms with E-state index in [2.05, 4.69) is 31.9 Å². The van der Waals surface area contributed by atoms with Crippen molar-refractivity contribution in [2.24, 2.45) is 0 Å². The van der Waals surface area contributed by atoms with Gasteiger partial charge in [-0.3, -0.25) is 4.79 Å². The Balaban J connectivity index is 2.52. The number of rotatable bonds is 4. The van der Waals surface area contributed by atoms with Gasteiger partial charge >= 0.3 is 0 Å². The van der Waals surface area contributed by atoms with E-state index >= 15 is 0 Å². The van der Waals surface area contributed by atoms with Crippen molar-refractivity contribution in [3.05, 3.63) is 62.0 Å². The first kappa shape index (κ1) is 15.3. The number of carbonyl (C=O) groups is 1. The van der Waals surface area contributed by atoms with Crippen molar-refractivity contribution in [2.75, 3.05) is 6.61 Å². The summed E-state index contributed by atoms with van der Waals surface area (Å²) in [5.74, 6) is 0.555. The van der Waals surface area contributed by atoms with Gasteiger partial charge in [0.2, 0.25) is 0 Å². The molecule has 0 radical (unpaired) electrons. The second-order valence-electron chi connectivity index (χ2n) is 4.39. The van der Waals surface area contributed by atoms with Crippen molar-refractivity contribution in [1.29, 1.82) is 0 Å². The molecular weight excluding hydrogens is 384 g/mol. The Kier molecular flexibility index (Phi) is 5.00. The second-order valence-corrected chi connectivity index (χ2v) is 6.16. The van der Waals surface area contributed by atoms with Gasteiger partial charge in [-0.25, -0.2) is 0 Å². The molecule has 0 aliphatic heterocycles. The molecule has 0 spiro atoms. The molecule has 4 heteroatoms. The van der Waals surface area contributed by atoms with Crippen molar-refractivity contribution in [2.45, 2.75) is 13.8 Å². The number of aryl methyl sites for hydroxylation is 1. The van der Waals surface area contributed by atoms with Crippen molar-refractivity contribution in [3.63, 3.8) is 0 Å². The Morgan fingerprint density at radius 3 is 2.55 bits per heavy atom. The molecule has 0 heterocycles. The highest BCUT2D eigenvalue weighted by atomic mass is 79.9. The number of ketones is 1. The summed E-state index contributed by atoms with van der Waals surface area (Å²) in [4.78, 5) is 12.7. The van der Waals surface area contributed by atoms with Crippen LogP contribution in [0.2, 0.25) is 0 Å². The smallest absolute Gasteiger partial charge is 0.197 e. The molecule has 0 saturated heterocycles. The van der Waals surface area contributed by atoms with Crippen LogP contribution in [0.15, 0.2) is 45.3 Å². The Labute approximate surface area is 135 Å². The van der Waals surface area contributed by atoms with Crippen LogP contribution in [0.5, 0.6) is 5.75 Å². The van der Waals surface area contributed by atoms with Gasteiger partial charge in [0.1, 0.15) is 5.75 Å². The van der Waals surface area contributed by atoms with Crippen LogP contribution in [0.4, 0.5) is 0 Å². The van der Waals surface area contributed by atoms with Crippen LogP contribution in [-0.4, -0.2) is 12.4 Å². The maximum atomic E-state index is 12.7. The van der Waals surface area contributed by atoms with E-state index in [1.807, 2.05) is 44.2 Å². The highest BCUT2D eigenvalue weighted by Gasteiger charge is 2.17. The largest absolute Gasteiger partial charge is 0.493 e. The number of ether oxygens (including phenoxy) is 1. The summed E-state index contributed by atoms with van der Waals surface area (Å²) in [6, 6.07) is 11.2. The fraction of sp³-hybridized carbons (Fsp3) is 0.188. The molecule has 2 rings (SSSR count). The van der Waals surface area contributed by atoms with Gasteiger partial charge < -0.3 is 4.74 Å². The third-order valence-corrected chi connectivity index (χ3v) is 4.04. The fourth-order valence-electron chi connectivity index (χ4n) is 1.92. The lowest BCUT2D eigenvalue weighted by Crippen LogP contribution is -2.06. The van der Waals surface area contributed by atoms with Gasteiger partial charge in [-0.2, -0.15) is 0 Å². The summed E-state index contributed by atoms with van der Waals surface area (Å²) in [5, 5.41) is 0. The number of benzene rings is 2. The molecule has 0 saturated carbocycles. The van der Waals surface area contributed by atoms with Gasteiger partial charge in [0.15, 0.2) is 5.78 Å². The fourth-order valence-corrected chi connectivity index (χ4v) is 2.71. The van der Waals surface area contributed by atoms with Crippen LogP contribution in [0.25, 0.3) is 0 Å². The molecule has 0 aliphatic rings. The third-order valence-electron chi connectivity index (χ3n) is 2.85. The molecule has 0 bridgehead atoms. The van der Waals surface area contributed by atoms with Crippen LogP contribution in [0.1, 0.15) is 28.4 Å². The lowest BCUT2D eigenvalue weighted by Gasteiger charge is -2.11. The Bertz CT molecular complexity index is 651. The molecule has 0 atom stereocenters. The van der Waals surface area contributed by atoms with E-state index in [0.717, 1.165) is 14.5 Å². The third kappa shape index (κ3) is 3.30. The van der Waals surface area contributed by atoms with E-state index in [4.69, 9.17) is 4.74 Å². The second kappa shape index (κ2) is 6.55. The molecule has 0 unspecified atom stereocenters. The summed E-state index contributed by atoms with van der Waals surface area (Å²) >= 11 is 6.84. The Morgan fingerprint density at radius 1 is 1.10 bits per heavy atom. The number of halogens is 2. The highest BCUT2D eigenvalue weighted by Crippen LogP contribution is 2.28. The van der Waals surface area contributed by atoms with Gasteiger partial charge in [0.25, 0.3) is 0 Å². The minimum atomic E-state index is -0.0506. The monoisotopic (exact) mass is 396 g/mol. The van der Waals surface area contributed by atoms with E-state index < -0.39 is 0 Å². The molecule has 2 nitrogen and oxygen atoms in total. The van der Waals surface area contributed by atoms with Gasteiger partial charge in [-0.15, -0.1) is 0 Å². The highest BCUT2D eigenvalue weighted by molar-refractivity contribution is 9.10. The molecule has 0 N–H and O–H groups in total. The number of hydrogen-bond acceptors (Lipinski definition) is 2. The average Bonchev–Trinajstić information content (AvgIpc) is 2.43. The predicted molar refractivity (Wildman–Crippen MR) is 87.6 cm³/mol. The lowest BCUT2D eigenvalue weighted by molar-refractivity contribution is 0.103.